The van der Waals surface area contributed by atoms with Gasteiger partial charge in [0.2, 0.25) is 5.91 Å². The quantitative estimate of drug-likeness (QED) is 0.414. The van der Waals surface area contributed by atoms with Gasteiger partial charge >= 0.3 is 0 Å². The molecule has 0 aliphatic heterocycles. The molecule has 1 N–H and O–H groups in total. The molecule has 0 aliphatic rings. The number of benzene rings is 2. The molecular weight excluding hydrogens is 424 g/mol. The summed E-state index contributed by atoms with van der Waals surface area (Å²) < 4.78 is 16.4. The largest absolute Gasteiger partial charge is 0.497 e. The van der Waals surface area contributed by atoms with Crippen molar-refractivity contribution >= 4 is 28.5 Å². The topological polar surface area (TPSA) is 69.7 Å². The molecule has 0 unspecified atom stereocenters. The van der Waals surface area contributed by atoms with Gasteiger partial charge in [0.25, 0.3) is 0 Å². The van der Waals surface area contributed by atoms with Crippen molar-refractivity contribution in [3.05, 3.63) is 59.0 Å². The van der Waals surface area contributed by atoms with Crippen LogP contribution >= 0.6 is 11.3 Å². The first kappa shape index (κ1) is 23.3. The molecule has 3 aromatic rings. The summed E-state index contributed by atoms with van der Waals surface area (Å²) in [5.41, 5.74) is 2.66. The number of hydrogen-bond donors (Lipinski definition) is 1. The Morgan fingerprint density at radius 2 is 1.84 bits per heavy atom. The molecule has 1 aromatic heterocycles. The van der Waals surface area contributed by atoms with Gasteiger partial charge in [-0.25, -0.2) is 4.98 Å². The molecule has 3 rings (SSSR count). The molecule has 1 heterocycles. The second-order valence-corrected chi connectivity index (χ2v) is 8.79. The van der Waals surface area contributed by atoms with Crippen molar-refractivity contribution in [2.24, 2.45) is 5.92 Å². The van der Waals surface area contributed by atoms with Crippen LogP contribution in [0.15, 0.2) is 48.5 Å². The van der Waals surface area contributed by atoms with Crippen molar-refractivity contribution < 1.29 is 19.0 Å². The number of rotatable bonds is 9. The van der Waals surface area contributed by atoms with Gasteiger partial charge in [-0.2, -0.15) is 0 Å². The zero-order valence-electron chi connectivity index (χ0n) is 19.0. The van der Waals surface area contributed by atoms with E-state index in [1.807, 2.05) is 49.4 Å². The number of nitrogens with zero attached hydrogens (tertiary/aromatic N) is 1. The first-order chi connectivity index (χ1) is 15.4. The van der Waals surface area contributed by atoms with Crippen LogP contribution in [0.2, 0.25) is 0 Å². The van der Waals surface area contributed by atoms with E-state index in [9.17, 15) is 4.79 Å². The number of carbonyl (C=O) groups is 1. The number of thiazole rings is 1. The fraction of sp³-hybridized carbons (Fsp3) is 0.280. The summed E-state index contributed by atoms with van der Waals surface area (Å²) in [4.78, 5) is 18.0. The fourth-order valence-electron chi connectivity index (χ4n) is 2.95. The van der Waals surface area contributed by atoms with Crippen LogP contribution in [0.3, 0.4) is 0 Å². The zero-order chi connectivity index (χ0) is 23.1. The molecule has 0 saturated heterocycles. The Morgan fingerprint density at radius 3 is 2.50 bits per heavy atom. The van der Waals surface area contributed by atoms with E-state index < -0.39 is 0 Å². The van der Waals surface area contributed by atoms with Crippen molar-refractivity contribution in [2.75, 3.05) is 26.1 Å². The number of carbonyl (C=O) groups excluding carboxylic acids is 1. The van der Waals surface area contributed by atoms with Crippen molar-refractivity contribution in [1.29, 1.82) is 0 Å². The molecule has 0 aliphatic carbocycles. The molecule has 0 radical (unpaired) electrons. The minimum absolute atomic E-state index is 0.251. The zero-order valence-corrected chi connectivity index (χ0v) is 19.8. The number of ether oxygens (including phenoxy) is 3. The van der Waals surface area contributed by atoms with E-state index in [0.717, 1.165) is 27.4 Å². The van der Waals surface area contributed by atoms with Crippen LogP contribution in [0, 0.1) is 12.8 Å². The Labute approximate surface area is 192 Å². The number of methoxy groups -OCH3 is 2. The molecule has 0 spiro atoms. The lowest BCUT2D eigenvalue weighted by Gasteiger charge is -2.12. The third kappa shape index (κ3) is 6.11. The maximum absolute atomic E-state index is 12.4. The molecule has 32 heavy (non-hydrogen) atoms. The number of amides is 1. The van der Waals surface area contributed by atoms with Crippen LogP contribution in [0.1, 0.15) is 24.3 Å². The normalized spacial score (nSPS) is 11.1. The lowest BCUT2D eigenvalue weighted by atomic mass is 10.1. The van der Waals surface area contributed by atoms with Crippen molar-refractivity contribution in [2.45, 2.75) is 20.8 Å². The Hall–Kier alpha value is -3.32. The van der Waals surface area contributed by atoms with Crippen molar-refractivity contribution in [3.8, 4) is 28.5 Å². The van der Waals surface area contributed by atoms with Crippen LogP contribution in [0.25, 0.3) is 17.3 Å². The van der Waals surface area contributed by atoms with Gasteiger partial charge in [-0.05, 0) is 60.9 Å². The third-order valence-electron chi connectivity index (χ3n) is 4.58. The first-order valence-electron chi connectivity index (χ1n) is 10.3. The molecule has 0 fully saturated rings. The Morgan fingerprint density at radius 1 is 1.09 bits per heavy atom. The van der Waals surface area contributed by atoms with E-state index >= 15 is 0 Å². The van der Waals surface area contributed by atoms with Crippen LogP contribution < -0.4 is 19.5 Å². The lowest BCUT2D eigenvalue weighted by molar-refractivity contribution is -0.111. The average molecular weight is 453 g/mol. The number of hydrogen-bond acceptors (Lipinski definition) is 6. The van der Waals surface area contributed by atoms with Crippen LogP contribution in [0.4, 0.5) is 5.13 Å². The van der Waals surface area contributed by atoms with E-state index in [4.69, 9.17) is 14.2 Å². The third-order valence-corrected chi connectivity index (χ3v) is 5.46. The summed E-state index contributed by atoms with van der Waals surface area (Å²) >= 11 is 1.44. The highest BCUT2D eigenvalue weighted by atomic mass is 32.1. The Bertz CT molecular complexity index is 1090. The van der Waals surface area contributed by atoms with E-state index in [1.54, 1.807) is 20.3 Å². The monoisotopic (exact) mass is 452 g/mol. The second kappa shape index (κ2) is 10.8. The number of nitrogens with one attached hydrogen (secondary N) is 1. The fourth-order valence-corrected chi connectivity index (χ4v) is 3.79. The number of anilines is 1. The predicted molar refractivity (Wildman–Crippen MR) is 130 cm³/mol. The van der Waals surface area contributed by atoms with Crippen molar-refractivity contribution in [1.82, 2.24) is 4.98 Å². The summed E-state index contributed by atoms with van der Waals surface area (Å²) in [5, 5.41) is 3.39. The maximum Gasteiger partial charge on any atom is 0.250 e. The first-order valence-corrected chi connectivity index (χ1v) is 11.1. The van der Waals surface area contributed by atoms with Crippen LogP contribution in [-0.2, 0) is 4.79 Å². The number of aromatic nitrogens is 1. The molecule has 6 nitrogen and oxygen atoms in total. The molecule has 2 aromatic carbocycles. The summed E-state index contributed by atoms with van der Waals surface area (Å²) in [5.74, 6) is 2.28. The van der Waals surface area contributed by atoms with Crippen LogP contribution in [-0.4, -0.2) is 31.7 Å². The molecule has 168 valence electrons. The Kier molecular flexibility index (Phi) is 7.89. The number of aryl methyl sites for hydroxylation is 1. The minimum atomic E-state index is -0.251. The van der Waals surface area contributed by atoms with Gasteiger partial charge in [-0.15, -0.1) is 11.3 Å². The molecule has 7 heteroatoms. The van der Waals surface area contributed by atoms with Gasteiger partial charge in [0, 0.05) is 16.5 Å². The predicted octanol–water partition coefficient (Wildman–Crippen LogP) is 5.82. The highest BCUT2D eigenvalue weighted by molar-refractivity contribution is 7.16. The summed E-state index contributed by atoms with van der Waals surface area (Å²) in [6.45, 7) is 6.77. The van der Waals surface area contributed by atoms with Gasteiger partial charge in [0.05, 0.1) is 26.5 Å². The Balaban J connectivity index is 1.66. The average Bonchev–Trinajstić information content (AvgIpc) is 3.16. The SMILES string of the molecule is COc1ccc(-c2nc(NC(=O)C=Cc3ccc(OCC(C)C)c(OC)c3)sc2C)cc1. The second-order valence-electron chi connectivity index (χ2n) is 7.59. The van der Waals surface area contributed by atoms with Gasteiger partial charge in [-0.1, -0.05) is 19.9 Å². The van der Waals surface area contributed by atoms with Gasteiger partial charge < -0.3 is 14.2 Å². The highest BCUT2D eigenvalue weighted by Crippen LogP contribution is 2.32. The van der Waals surface area contributed by atoms with Gasteiger partial charge in [-0.3, -0.25) is 10.1 Å². The molecule has 1 amide bonds. The van der Waals surface area contributed by atoms with E-state index in [1.165, 1.54) is 17.4 Å². The standard InChI is InChI=1S/C25H28N2O4S/c1-16(2)15-31-21-12-6-18(14-22(21)30-5)7-13-23(28)26-25-27-24(17(3)32-25)19-8-10-20(29-4)11-9-19/h6-14,16H,15H2,1-5H3,(H,26,27,28). The minimum Gasteiger partial charge on any atom is -0.497 e. The summed E-state index contributed by atoms with van der Waals surface area (Å²) in [6.07, 6.45) is 3.21. The van der Waals surface area contributed by atoms with Crippen molar-refractivity contribution in [3.63, 3.8) is 0 Å². The molecule has 0 bridgehead atoms. The molecular formula is C25H28N2O4S. The molecule has 0 atom stereocenters. The summed E-state index contributed by atoms with van der Waals surface area (Å²) in [6, 6.07) is 13.3. The summed E-state index contributed by atoms with van der Waals surface area (Å²) in [7, 11) is 3.23. The maximum atomic E-state index is 12.4. The van der Waals surface area contributed by atoms with Crippen LogP contribution in [0.5, 0.6) is 17.2 Å². The molecule has 0 saturated carbocycles. The van der Waals surface area contributed by atoms with E-state index in [-0.39, 0.29) is 5.91 Å². The van der Waals surface area contributed by atoms with E-state index in [0.29, 0.717) is 29.2 Å². The highest BCUT2D eigenvalue weighted by Gasteiger charge is 2.12. The lowest BCUT2D eigenvalue weighted by Crippen LogP contribution is -2.07. The van der Waals surface area contributed by atoms with Gasteiger partial charge in [0.1, 0.15) is 5.75 Å². The smallest absolute Gasteiger partial charge is 0.250 e. The van der Waals surface area contributed by atoms with E-state index in [2.05, 4.69) is 24.1 Å². The van der Waals surface area contributed by atoms with Gasteiger partial charge in [0.15, 0.2) is 16.6 Å².